The second kappa shape index (κ2) is 5.05. The highest BCUT2D eigenvalue weighted by Crippen LogP contribution is 2.27. The monoisotopic (exact) mass is 320 g/mol. The molecule has 4 heteroatoms. The van der Waals surface area contributed by atoms with Crippen molar-refractivity contribution in [2.75, 3.05) is 0 Å². The predicted octanol–water partition coefficient (Wildman–Crippen LogP) is 2.97. The maximum absolute atomic E-state index is 11.1. The average molecular weight is 322 g/mol. The van der Waals surface area contributed by atoms with Gasteiger partial charge in [-0.3, -0.25) is 4.79 Å². The highest BCUT2D eigenvalue weighted by molar-refractivity contribution is 9.10. The number of alkyl halides is 1. The van der Waals surface area contributed by atoms with Gasteiger partial charge in [0, 0.05) is 4.47 Å². The molecule has 1 aromatic carbocycles. The van der Waals surface area contributed by atoms with Gasteiger partial charge in [-0.15, -0.1) is 0 Å². The Bertz CT molecular complexity index is 350. The first-order valence-electron chi connectivity index (χ1n) is 4.09. The van der Waals surface area contributed by atoms with Crippen molar-refractivity contribution in [3.05, 3.63) is 33.8 Å². The Kier molecular flexibility index (Phi) is 4.29. The fourth-order valence-electron chi connectivity index (χ4n) is 1.15. The van der Waals surface area contributed by atoms with E-state index in [1.807, 2.05) is 18.2 Å². The van der Waals surface area contributed by atoms with Crippen LogP contribution in [0.5, 0.6) is 0 Å². The maximum atomic E-state index is 11.1. The van der Waals surface area contributed by atoms with Crippen molar-refractivity contribution in [2.45, 2.75) is 18.4 Å². The van der Waals surface area contributed by atoms with Gasteiger partial charge in [0.2, 0.25) is 0 Å². The van der Waals surface area contributed by atoms with Crippen molar-refractivity contribution in [3.63, 3.8) is 0 Å². The van der Waals surface area contributed by atoms with Crippen LogP contribution in [0, 0.1) is 0 Å². The molecule has 2 nitrogen and oxygen atoms in total. The fraction of sp³-hybridized carbons (Fsp3) is 0.300. The summed E-state index contributed by atoms with van der Waals surface area (Å²) in [5, 5.41) is 8.99. The molecule has 0 radical (unpaired) electrons. The first-order chi connectivity index (χ1) is 6.54. The number of halogens is 2. The minimum atomic E-state index is -0.301. The van der Waals surface area contributed by atoms with E-state index >= 15 is 0 Å². The molecule has 0 bridgehead atoms. The summed E-state index contributed by atoms with van der Waals surface area (Å²) in [6.45, 7) is 1.50. The number of Topliss-reactive ketones (excluding diaryl/α,β-unsaturated/α-hetero) is 1. The lowest BCUT2D eigenvalue weighted by Crippen LogP contribution is -2.01. The van der Waals surface area contributed by atoms with Gasteiger partial charge in [0.1, 0.15) is 5.78 Å². The van der Waals surface area contributed by atoms with Crippen molar-refractivity contribution in [3.8, 4) is 0 Å². The zero-order valence-corrected chi connectivity index (χ0v) is 10.8. The third-order valence-corrected chi connectivity index (χ3v) is 3.44. The minimum Gasteiger partial charge on any atom is -0.392 e. The molecule has 0 aliphatic carbocycles. The van der Waals surface area contributed by atoms with E-state index in [-0.39, 0.29) is 17.2 Å². The number of hydrogen-bond acceptors (Lipinski definition) is 2. The number of rotatable bonds is 3. The summed E-state index contributed by atoms with van der Waals surface area (Å²) in [4.78, 5) is 10.8. The van der Waals surface area contributed by atoms with E-state index < -0.39 is 0 Å². The van der Waals surface area contributed by atoms with Crippen molar-refractivity contribution in [1.82, 2.24) is 0 Å². The summed E-state index contributed by atoms with van der Waals surface area (Å²) < 4.78 is 0.866. The molecule has 0 aromatic heterocycles. The Hall–Kier alpha value is -0.190. The quantitative estimate of drug-likeness (QED) is 0.869. The molecule has 0 amide bonds. The van der Waals surface area contributed by atoms with E-state index in [2.05, 4.69) is 31.9 Å². The molecule has 76 valence electrons. The Labute approximate surface area is 99.6 Å². The molecule has 1 rings (SSSR count). The molecule has 1 N–H and O–H groups in total. The molecule has 1 aromatic rings. The lowest BCUT2D eigenvalue weighted by molar-refractivity contribution is -0.116. The van der Waals surface area contributed by atoms with E-state index in [0.717, 1.165) is 15.6 Å². The Morgan fingerprint density at radius 3 is 2.64 bits per heavy atom. The van der Waals surface area contributed by atoms with Crippen molar-refractivity contribution >= 4 is 37.6 Å². The second-order valence-electron chi connectivity index (χ2n) is 3.02. The second-order valence-corrected chi connectivity index (χ2v) is 4.86. The third kappa shape index (κ3) is 2.90. The van der Waals surface area contributed by atoms with Crippen molar-refractivity contribution in [1.29, 1.82) is 0 Å². The number of benzene rings is 1. The summed E-state index contributed by atoms with van der Waals surface area (Å²) in [5.41, 5.74) is 1.65. The van der Waals surface area contributed by atoms with E-state index in [0.29, 0.717) is 0 Å². The van der Waals surface area contributed by atoms with E-state index in [1.54, 1.807) is 0 Å². The van der Waals surface area contributed by atoms with Gasteiger partial charge in [0.15, 0.2) is 0 Å². The van der Waals surface area contributed by atoms with Crippen LogP contribution in [-0.4, -0.2) is 10.9 Å². The van der Waals surface area contributed by atoms with Gasteiger partial charge in [-0.25, -0.2) is 0 Å². The molecule has 0 saturated carbocycles. The highest BCUT2D eigenvalue weighted by Gasteiger charge is 2.13. The Balaban J connectivity index is 3.08. The molecule has 14 heavy (non-hydrogen) atoms. The number of ketones is 1. The summed E-state index contributed by atoms with van der Waals surface area (Å²) in [7, 11) is 0. The summed E-state index contributed by atoms with van der Waals surface area (Å²) >= 11 is 6.62. The number of aliphatic hydroxyl groups is 1. The predicted molar refractivity (Wildman–Crippen MR) is 62.4 cm³/mol. The number of hydrogen-bond donors (Lipinski definition) is 1. The summed E-state index contributed by atoms with van der Waals surface area (Å²) in [6.07, 6.45) is 0. The van der Waals surface area contributed by atoms with E-state index in [4.69, 9.17) is 5.11 Å². The number of carbonyl (C=O) groups is 1. The third-order valence-electron chi connectivity index (χ3n) is 1.81. The van der Waals surface area contributed by atoms with Crippen LogP contribution in [0.15, 0.2) is 22.7 Å². The highest BCUT2D eigenvalue weighted by atomic mass is 79.9. The van der Waals surface area contributed by atoms with Gasteiger partial charge in [-0.2, -0.15) is 0 Å². The van der Waals surface area contributed by atoms with Crippen molar-refractivity contribution < 1.29 is 9.90 Å². The van der Waals surface area contributed by atoms with Crippen LogP contribution in [0.1, 0.15) is 22.9 Å². The van der Waals surface area contributed by atoms with E-state index in [1.165, 1.54) is 6.92 Å². The van der Waals surface area contributed by atoms with Crippen molar-refractivity contribution in [2.24, 2.45) is 0 Å². The largest absolute Gasteiger partial charge is 0.392 e. The summed E-state index contributed by atoms with van der Waals surface area (Å²) in [5.74, 6) is 0.0481. The summed E-state index contributed by atoms with van der Waals surface area (Å²) in [6, 6.07) is 5.49. The molecule has 0 spiro atoms. The Morgan fingerprint density at radius 1 is 1.50 bits per heavy atom. The zero-order chi connectivity index (χ0) is 10.7. The molecule has 1 atom stereocenters. The van der Waals surface area contributed by atoms with Gasteiger partial charge >= 0.3 is 0 Å². The lowest BCUT2D eigenvalue weighted by Gasteiger charge is -2.08. The normalized spacial score (nSPS) is 12.6. The molecule has 0 aliphatic rings. The van der Waals surface area contributed by atoms with Crippen LogP contribution in [0.25, 0.3) is 0 Å². The minimum absolute atomic E-state index is 0.0237. The first-order valence-corrected chi connectivity index (χ1v) is 5.80. The molecule has 0 fully saturated rings. The van der Waals surface area contributed by atoms with Crippen LogP contribution in [0.2, 0.25) is 0 Å². The average Bonchev–Trinajstić information content (AvgIpc) is 2.15. The van der Waals surface area contributed by atoms with Crippen LogP contribution in [-0.2, 0) is 11.4 Å². The smallest absolute Gasteiger partial charge is 0.147 e. The van der Waals surface area contributed by atoms with E-state index in [9.17, 15) is 4.79 Å². The van der Waals surface area contributed by atoms with Crippen LogP contribution < -0.4 is 0 Å². The molecule has 0 aliphatic heterocycles. The molecule has 1 unspecified atom stereocenters. The fourth-order valence-corrected chi connectivity index (χ4v) is 1.97. The molecular formula is C10H10Br2O2. The SMILES string of the molecule is CC(=O)C(Br)c1cc(Br)cc(CO)c1. The van der Waals surface area contributed by atoms with Gasteiger partial charge in [0.05, 0.1) is 11.4 Å². The molecule has 0 heterocycles. The number of carbonyl (C=O) groups excluding carboxylic acids is 1. The van der Waals surface area contributed by atoms with Crippen LogP contribution in [0.3, 0.4) is 0 Å². The van der Waals surface area contributed by atoms with Crippen LogP contribution in [0.4, 0.5) is 0 Å². The van der Waals surface area contributed by atoms with Gasteiger partial charge in [0.25, 0.3) is 0 Å². The lowest BCUT2D eigenvalue weighted by atomic mass is 10.1. The van der Waals surface area contributed by atoms with Gasteiger partial charge in [-0.05, 0) is 30.2 Å². The van der Waals surface area contributed by atoms with Gasteiger partial charge in [-0.1, -0.05) is 37.9 Å². The van der Waals surface area contributed by atoms with Crippen LogP contribution >= 0.6 is 31.9 Å². The standard InChI is InChI=1S/C10H10Br2O2/c1-6(14)10(12)8-2-7(5-13)3-9(11)4-8/h2-4,10,13H,5H2,1H3. The van der Waals surface area contributed by atoms with Gasteiger partial charge < -0.3 is 5.11 Å². The first kappa shape index (κ1) is 11.9. The molecule has 0 saturated heterocycles. The number of aliphatic hydroxyl groups excluding tert-OH is 1. The maximum Gasteiger partial charge on any atom is 0.147 e. The zero-order valence-electron chi connectivity index (χ0n) is 7.63. The Morgan fingerprint density at radius 2 is 2.14 bits per heavy atom. The topological polar surface area (TPSA) is 37.3 Å². The molecular weight excluding hydrogens is 312 g/mol.